The molecule has 0 fully saturated rings. The molecule has 0 atom stereocenters. The number of ketones is 1. The number of nitrogens with one attached hydrogen (secondary N) is 1. The Morgan fingerprint density at radius 2 is 2.04 bits per heavy atom. The lowest BCUT2D eigenvalue weighted by Crippen LogP contribution is -2.26. The van der Waals surface area contributed by atoms with Crippen LogP contribution in [0.3, 0.4) is 0 Å². The molecule has 0 radical (unpaired) electrons. The van der Waals surface area contributed by atoms with Crippen molar-refractivity contribution >= 4 is 39.8 Å². The molecule has 1 aromatic carbocycles. The van der Waals surface area contributed by atoms with Crippen molar-refractivity contribution in [2.75, 3.05) is 5.32 Å². The number of rotatable bonds is 3. The van der Waals surface area contributed by atoms with E-state index >= 15 is 0 Å². The van der Waals surface area contributed by atoms with Gasteiger partial charge in [0.1, 0.15) is 17.0 Å². The average Bonchev–Trinajstić information content (AvgIpc) is 3.17. The molecule has 2 heterocycles. The predicted octanol–water partition coefficient (Wildman–Crippen LogP) is 5.17. The molecule has 0 unspecified atom stereocenters. The van der Waals surface area contributed by atoms with Crippen molar-refractivity contribution in [2.24, 2.45) is 5.41 Å². The second-order valence-corrected chi connectivity index (χ2v) is 9.04. The summed E-state index contributed by atoms with van der Waals surface area (Å²) >= 11 is 7.47. The number of hydrogen-bond acceptors (Lipinski definition) is 6. The van der Waals surface area contributed by atoms with E-state index in [0.29, 0.717) is 50.5 Å². The maximum absolute atomic E-state index is 13.0. The van der Waals surface area contributed by atoms with E-state index in [4.69, 9.17) is 16.1 Å². The number of amides is 1. The van der Waals surface area contributed by atoms with Gasteiger partial charge in [-0.05, 0) is 24.8 Å². The van der Waals surface area contributed by atoms with Crippen molar-refractivity contribution in [2.45, 2.75) is 33.6 Å². The zero-order chi connectivity index (χ0) is 20.1. The van der Waals surface area contributed by atoms with Gasteiger partial charge in [-0.25, -0.2) is 4.98 Å². The summed E-state index contributed by atoms with van der Waals surface area (Å²) in [5, 5.41) is 7.68. The molecule has 8 heteroatoms. The first kappa shape index (κ1) is 18.8. The van der Waals surface area contributed by atoms with E-state index in [2.05, 4.69) is 15.5 Å². The highest BCUT2D eigenvalue weighted by Gasteiger charge is 2.34. The van der Waals surface area contributed by atoms with Crippen LogP contribution < -0.4 is 5.32 Å². The molecule has 2 aromatic heterocycles. The monoisotopic (exact) mass is 415 g/mol. The number of Topliss-reactive ketones (excluding diaryl/α,β-unsaturated/α-hetero) is 1. The summed E-state index contributed by atoms with van der Waals surface area (Å²) < 4.78 is 5.25. The summed E-state index contributed by atoms with van der Waals surface area (Å²) in [6.07, 6.45) is 1.19. The predicted molar refractivity (Wildman–Crippen MR) is 108 cm³/mol. The lowest BCUT2D eigenvalue weighted by Gasteiger charge is -2.26. The number of aryl methyl sites for hydroxylation is 1. The molecule has 1 aliphatic carbocycles. The van der Waals surface area contributed by atoms with Crippen molar-refractivity contribution in [1.82, 2.24) is 10.1 Å². The molecular weight excluding hydrogens is 398 g/mol. The Hall–Kier alpha value is -2.51. The van der Waals surface area contributed by atoms with Gasteiger partial charge in [0, 0.05) is 12.0 Å². The van der Waals surface area contributed by atoms with Crippen LogP contribution in [0.5, 0.6) is 0 Å². The van der Waals surface area contributed by atoms with E-state index in [1.807, 2.05) is 19.9 Å². The van der Waals surface area contributed by atoms with Gasteiger partial charge in [-0.15, -0.1) is 0 Å². The Labute approximate surface area is 170 Å². The molecule has 1 N–H and O–H groups in total. The van der Waals surface area contributed by atoms with Crippen molar-refractivity contribution < 1.29 is 14.1 Å². The number of nitrogens with zero attached hydrogens (tertiary/aromatic N) is 2. The average molecular weight is 416 g/mol. The summed E-state index contributed by atoms with van der Waals surface area (Å²) in [6.45, 7) is 5.75. The van der Waals surface area contributed by atoms with Gasteiger partial charge in [0.05, 0.1) is 15.6 Å². The maximum Gasteiger partial charge on any atom is 0.263 e. The normalized spacial score (nSPS) is 15.4. The number of carbonyl (C=O) groups is 2. The fourth-order valence-electron chi connectivity index (χ4n) is 3.41. The van der Waals surface area contributed by atoms with Crippen LogP contribution in [0.4, 0.5) is 5.13 Å². The lowest BCUT2D eigenvalue weighted by atomic mass is 9.78. The molecule has 4 rings (SSSR count). The number of carbonyl (C=O) groups excluding carboxylic acids is 2. The summed E-state index contributed by atoms with van der Waals surface area (Å²) in [5.74, 6) is 0.0552. The van der Waals surface area contributed by atoms with Crippen LogP contribution in [0.15, 0.2) is 28.8 Å². The number of aromatic nitrogens is 2. The minimum atomic E-state index is -0.397. The molecule has 3 aromatic rings. The van der Waals surface area contributed by atoms with Gasteiger partial charge in [-0.1, -0.05) is 60.1 Å². The van der Waals surface area contributed by atoms with Crippen LogP contribution in [0.2, 0.25) is 5.02 Å². The number of fused-ring (bicyclic) bond motifs is 1. The topological polar surface area (TPSA) is 85.1 Å². The molecule has 0 saturated carbocycles. The van der Waals surface area contributed by atoms with Crippen LogP contribution >= 0.6 is 22.9 Å². The molecule has 0 bridgehead atoms. The maximum atomic E-state index is 13.0. The van der Waals surface area contributed by atoms with Crippen LogP contribution in [0.1, 0.15) is 51.8 Å². The molecule has 28 heavy (non-hydrogen) atoms. The van der Waals surface area contributed by atoms with E-state index in [9.17, 15) is 9.59 Å². The molecule has 1 amide bonds. The van der Waals surface area contributed by atoms with E-state index in [-0.39, 0.29) is 11.2 Å². The summed E-state index contributed by atoms with van der Waals surface area (Å²) in [7, 11) is 0. The molecule has 0 saturated heterocycles. The quantitative estimate of drug-likeness (QED) is 0.638. The van der Waals surface area contributed by atoms with Crippen LogP contribution in [0, 0.1) is 12.3 Å². The van der Waals surface area contributed by atoms with Crippen molar-refractivity contribution in [1.29, 1.82) is 0 Å². The number of halogens is 1. The van der Waals surface area contributed by atoms with Crippen molar-refractivity contribution in [3.63, 3.8) is 0 Å². The van der Waals surface area contributed by atoms with Crippen LogP contribution in [0.25, 0.3) is 11.3 Å². The van der Waals surface area contributed by atoms with Gasteiger partial charge >= 0.3 is 0 Å². The van der Waals surface area contributed by atoms with E-state index in [1.165, 1.54) is 11.3 Å². The first-order valence-corrected chi connectivity index (χ1v) is 10.00. The zero-order valence-electron chi connectivity index (χ0n) is 15.6. The zero-order valence-corrected chi connectivity index (χ0v) is 17.2. The third-order valence-corrected chi connectivity index (χ3v) is 6.06. The van der Waals surface area contributed by atoms with Gasteiger partial charge in [-0.2, -0.15) is 0 Å². The highest BCUT2D eigenvalue weighted by atomic mass is 35.5. The third kappa shape index (κ3) is 3.36. The summed E-state index contributed by atoms with van der Waals surface area (Å²) in [6, 6.07) is 7.12. The smallest absolute Gasteiger partial charge is 0.263 e. The number of benzene rings is 1. The SMILES string of the molecule is Cc1onc(-c2ccccc2Cl)c1C(=O)Nc1nc2c(s1)C(=O)CC(C)(C)C2. The summed E-state index contributed by atoms with van der Waals surface area (Å²) in [4.78, 5) is 30.4. The van der Waals surface area contributed by atoms with Gasteiger partial charge in [-0.3, -0.25) is 14.9 Å². The summed E-state index contributed by atoms with van der Waals surface area (Å²) in [5.41, 5.74) is 1.91. The van der Waals surface area contributed by atoms with Crippen LogP contribution in [-0.2, 0) is 6.42 Å². The highest BCUT2D eigenvalue weighted by Crippen LogP contribution is 2.39. The molecule has 144 valence electrons. The second kappa shape index (κ2) is 6.83. The van der Waals surface area contributed by atoms with Gasteiger partial charge in [0.15, 0.2) is 10.9 Å². The first-order chi connectivity index (χ1) is 13.2. The first-order valence-electron chi connectivity index (χ1n) is 8.80. The molecule has 0 aliphatic heterocycles. The van der Waals surface area contributed by atoms with Gasteiger partial charge in [0.25, 0.3) is 5.91 Å². The van der Waals surface area contributed by atoms with Gasteiger partial charge < -0.3 is 4.52 Å². The number of anilines is 1. The van der Waals surface area contributed by atoms with E-state index in [1.54, 1.807) is 25.1 Å². The largest absolute Gasteiger partial charge is 0.360 e. The second-order valence-electron chi connectivity index (χ2n) is 7.63. The molecule has 6 nitrogen and oxygen atoms in total. The fourth-order valence-corrected chi connectivity index (χ4v) is 4.55. The Balaban J connectivity index is 1.66. The third-order valence-electron chi connectivity index (χ3n) is 4.67. The van der Waals surface area contributed by atoms with Gasteiger partial charge in [0.2, 0.25) is 0 Å². The highest BCUT2D eigenvalue weighted by molar-refractivity contribution is 7.17. The van der Waals surface area contributed by atoms with Crippen LogP contribution in [-0.4, -0.2) is 21.8 Å². The Morgan fingerprint density at radius 1 is 1.29 bits per heavy atom. The fraction of sp³-hybridized carbons (Fsp3) is 0.300. The Morgan fingerprint density at radius 3 is 2.79 bits per heavy atom. The van der Waals surface area contributed by atoms with E-state index < -0.39 is 5.91 Å². The van der Waals surface area contributed by atoms with Crippen molar-refractivity contribution in [3.8, 4) is 11.3 Å². The number of hydrogen-bond donors (Lipinski definition) is 1. The molecular formula is C20H18ClN3O3S. The molecule has 1 aliphatic rings. The minimum Gasteiger partial charge on any atom is -0.360 e. The number of thiazole rings is 1. The van der Waals surface area contributed by atoms with E-state index in [0.717, 1.165) is 5.69 Å². The lowest BCUT2D eigenvalue weighted by molar-refractivity contribution is 0.0915. The molecule has 0 spiro atoms. The minimum absolute atomic E-state index is 0.0714. The Kier molecular flexibility index (Phi) is 4.59. The Bertz CT molecular complexity index is 1100. The van der Waals surface area contributed by atoms with Crippen molar-refractivity contribution in [3.05, 3.63) is 51.2 Å². The standard InChI is InChI=1S/C20H18ClN3O3S/c1-10-15(16(24-27-10)11-6-4-5-7-12(11)21)18(26)23-19-22-13-8-20(2,3)9-14(25)17(13)28-19/h4-7H,8-9H2,1-3H3,(H,22,23,26).